The molecule has 0 aliphatic rings. The first kappa shape index (κ1) is 15.5. The first-order valence-electron chi connectivity index (χ1n) is 8.30. The van der Waals surface area contributed by atoms with Gasteiger partial charge in [-0.3, -0.25) is 0 Å². The van der Waals surface area contributed by atoms with Crippen LogP contribution in [-0.2, 0) is 0 Å². The molecule has 120 valence electrons. The molecule has 0 spiro atoms. The van der Waals surface area contributed by atoms with Crippen molar-refractivity contribution in [2.24, 2.45) is 0 Å². The van der Waals surface area contributed by atoms with Crippen LogP contribution in [0.15, 0.2) is 42.6 Å². The van der Waals surface area contributed by atoms with E-state index in [1.54, 1.807) is 0 Å². The molecule has 0 fully saturated rings. The molecule has 0 amide bonds. The van der Waals surface area contributed by atoms with Crippen LogP contribution in [0, 0.1) is 0 Å². The van der Waals surface area contributed by atoms with Crippen molar-refractivity contribution in [3.8, 4) is 11.1 Å². The van der Waals surface area contributed by atoms with Crippen LogP contribution in [-0.4, -0.2) is 20.6 Å². The number of rotatable bonds is 5. The van der Waals surface area contributed by atoms with Crippen LogP contribution in [0.25, 0.3) is 16.8 Å². The van der Waals surface area contributed by atoms with E-state index in [-0.39, 0.29) is 0 Å². The molecule has 0 bridgehead atoms. The molecule has 1 unspecified atom stereocenters. The number of aromatic nitrogens is 3. The van der Waals surface area contributed by atoms with Gasteiger partial charge in [0, 0.05) is 23.4 Å². The second-order valence-electron chi connectivity index (χ2n) is 6.33. The second-order valence-corrected chi connectivity index (χ2v) is 6.33. The van der Waals surface area contributed by atoms with Gasteiger partial charge in [-0.1, -0.05) is 51.1 Å². The summed E-state index contributed by atoms with van der Waals surface area (Å²) < 4.78 is 1.92. The summed E-state index contributed by atoms with van der Waals surface area (Å²) in [7, 11) is 0. The standard InChI is InChI=1S/C19H24N4/c1-5-14(4)21-18-11-17(13(2)3)22-19-16(12-20-23(18)19)15-9-7-6-8-10-15/h6-14,21H,5H2,1-4H3. The molecular weight excluding hydrogens is 284 g/mol. The van der Waals surface area contributed by atoms with E-state index in [1.807, 2.05) is 28.9 Å². The van der Waals surface area contributed by atoms with Gasteiger partial charge in [-0.25, -0.2) is 4.98 Å². The predicted octanol–water partition coefficient (Wildman–Crippen LogP) is 4.73. The van der Waals surface area contributed by atoms with Gasteiger partial charge in [0.15, 0.2) is 5.65 Å². The van der Waals surface area contributed by atoms with Gasteiger partial charge in [0.05, 0.1) is 6.20 Å². The smallest absolute Gasteiger partial charge is 0.165 e. The lowest BCUT2D eigenvalue weighted by atomic mass is 10.1. The zero-order chi connectivity index (χ0) is 16.4. The summed E-state index contributed by atoms with van der Waals surface area (Å²) in [4.78, 5) is 4.87. The average Bonchev–Trinajstić information content (AvgIpc) is 2.99. The fourth-order valence-corrected chi connectivity index (χ4v) is 2.56. The van der Waals surface area contributed by atoms with Gasteiger partial charge < -0.3 is 5.32 Å². The maximum Gasteiger partial charge on any atom is 0.165 e. The molecule has 1 aromatic carbocycles. The Morgan fingerprint density at radius 1 is 1.13 bits per heavy atom. The summed E-state index contributed by atoms with van der Waals surface area (Å²) in [6.07, 6.45) is 2.97. The van der Waals surface area contributed by atoms with Gasteiger partial charge in [0.25, 0.3) is 0 Å². The van der Waals surface area contributed by atoms with Crippen LogP contribution < -0.4 is 5.32 Å². The zero-order valence-electron chi connectivity index (χ0n) is 14.2. The lowest BCUT2D eigenvalue weighted by molar-refractivity contribution is 0.742. The van der Waals surface area contributed by atoms with Gasteiger partial charge in [-0.2, -0.15) is 9.61 Å². The highest BCUT2D eigenvalue weighted by Crippen LogP contribution is 2.27. The average molecular weight is 308 g/mol. The van der Waals surface area contributed by atoms with Gasteiger partial charge in [-0.05, 0) is 24.8 Å². The molecule has 1 N–H and O–H groups in total. The van der Waals surface area contributed by atoms with Crippen molar-refractivity contribution in [3.05, 3.63) is 48.3 Å². The summed E-state index contributed by atoms with van der Waals surface area (Å²) in [5.74, 6) is 1.38. The highest BCUT2D eigenvalue weighted by atomic mass is 15.3. The number of fused-ring (bicyclic) bond motifs is 1. The third-order valence-electron chi connectivity index (χ3n) is 4.17. The normalized spacial score (nSPS) is 12.7. The Morgan fingerprint density at radius 3 is 2.52 bits per heavy atom. The quantitative estimate of drug-likeness (QED) is 0.741. The van der Waals surface area contributed by atoms with Crippen LogP contribution >= 0.6 is 0 Å². The monoisotopic (exact) mass is 308 g/mol. The molecule has 23 heavy (non-hydrogen) atoms. The molecule has 3 aromatic rings. The molecule has 0 saturated heterocycles. The van der Waals surface area contributed by atoms with E-state index < -0.39 is 0 Å². The van der Waals surface area contributed by atoms with Crippen molar-refractivity contribution in [3.63, 3.8) is 0 Å². The topological polar surface area (TPSA) is 42.2 Å². The zero-order valence-corrected chi connectivity index (χ0v) is 14.2. The number of hydrogen-bond donors (Lipinski definition) is 1. The summed E-state index contributed by atoms with van der Waals surface area (Å²) in [6.45, 7) is 8.70. The number of anilines is 1. The minimum Gasteiger partial charge on any atom is -0.367 e. The minimum absolute atomic E-state index is 0.371. The maximum atomic E-state index is 4.87. The Kier molecular flexibility index (Phi) is 4.33. The van der Waals surface area contributed by atoms with Crippen LogP contribution in [0.3, 0.4) is 0 Å². The van der Waals surface area contributed by atoms with Crippen molar-refractivity contribution in [2.75, 3.05) is 5.32 Å². The van der Waals surface area contributed by atoms with Crippen LogP contribution in [0.5, 0.6) is 0 Å². The van der Waals surface area contributed by atoms with E-state index in [0.717, 1.165) is 34.7 Å². The van der Waals surface area contributed by atoms with Gasteiger partial charge in [-0.15, -0.1) is 0 Å². The predicted molar refractivity (Wildman–Crippen MR) is 95.9 cm³/mol. The third kappa shape index (κ3) is 3.07. The van der Waals surface area contributed by atoms with E-state index >= 15 is 0 Å². The van der Waals surface area contributed by atoms with E-state index in [0.29, 0.717) is 12.0 Å². The van der Waals surface area contributed by atoms with E-state index in [1.165, 1.54) is 0 Å². The number of nitrogens with zero attached hydrogens (tertiary/aromatic N) is 3. The van der Waals surface area contributed by atoms with Crippen LogP contribution in [0.4, 0.5) is 5.82 Å². The molecular formula is C19H24N4. The Bertz CT molecular complexity index is 790. The maximum absolute atomic E-state index is 4.87. The van der Waals surface area contributed by atoms with Crippen molar-refractivity contribution in [1.82, 2.24) is 14.6 Å². The number of hydrogen-bond acceptors (Lipinski definition) is 3. The van der Waals surface area contributed by atoms with E-state index in [2.05, 4.69) is 56.3 Å². The van der Waals surface area contributed by atoms with Crippen molar-refractivity contribution >= 4 is 11.5 Å². The van der Waals surface area contributed by atoms with Crippen molar-refractivity contribution in [2.45, 2.75) is 46.1 Å². The molecule has 0 aliphatic carbocycles. The molecule has 4 nitrogen and oxygen atoms in total. The SMILES string of the molecule is CCC(C)Nc1cc(C(C)C)nc2c(-c3ccccc3)cnn12. The lowest BCUT2D eigenvalue weighted by Gasteiger charge is -2.16. The minimum atomic E-state index is 0.371. The summed E-state index contributed by atoms with van der Waals surface area (Å²) in [6, 6.07) is 12.8. The third-order valence-corrected chi connectivity index (χ3v) is 4.17. The Morgan fingerprint density at radius 2 is 1.87 bits per heavy atom. The highest BCUT2D eigenvalue weighted by Gasteiger charge is 2.15. The largest absolute Gasteiger partial charge is 0.367 e. The summed E-state index contributed by atoms with van der Waals surface area (Å²) >= 11 is 0. The van der Waals surface area contributed by atoms with Gasteiger partial charge in [0.2, 0.25) is 0 Å². The van der Waals surface area contributed by atoms with Gasteiger partial charge in [0.1, 0.15) is 5.82 Å². The molecule has 1 atom stereocenters. The summed E-state index contributed by atoms with van der Waals surface area (Å²) in [5.41, 5.74) is 4.21. The fourth-order valence-electron chi connectivity index (χ4n) is 2.56. The molecule has 3 rings (SSSR count). The first-order chi connectivity index (χ1) is 11.1. The van der Waals surface area contributed by atoms with Crippen molar-refractivity contribution < 1.29 is 0 Å². The molecule has 2 heterocycles. The molecule has 0 aliphatic heterocycles. The molecule has 4 heteroatoms. The van der Waals surface area contributed by atoms with Crippen LogP contribution in [0.1, 0.15) is 45.7 Å². The highest BCUT2D eigenvalue weighted by molar-refractivity contribution is 5.78. The Hall–Kier alpha value is -2.36. The summed E-state index contributed by atoms with van der Waals surface area (Å²) in [5, 5.41) is 8.13. The second kappa shape index (κ2) is 6.41. The number of nitrogens with one attached hydrogen (secondary N) is 1. The Balaban J connectivity index is 2.18. The molecule has 2 aromatic heterocycles. The first-order valence-corrected chi connectivity index (χ1v) is 8.30. The lowest BCUT2D eigenvalue weighted by Crippen LogP contribution is -2.17. The fraction of sp³-hybridized carbons (Fsp3) is 0.368. The van der Waals surface area contributed by atoms with Crippen LogP contribution in [0.2, 0.25) is 0 Å². The molecule has 0 radical (unpaired) electrons. The van der Waals surface area contributed by atoms with Crippen molar-refractivity contribution in [1.29, 1.82) is 0 Å². The van der Waals surface area contributed by atoms with Gasteiger partial charge >= 0.3 is 0 Å². The molecule has 0 saturated carbocycles. The van der Waals surface area contributed by atoms with E-state index in [9.17, 15) is 0 Å². The Labute approximate surface area is 137 Å². The number of benzene rings is 1. The van der Waals surface area contributed by atoms with E-state index in [4.69, 9.17) is 4.98 Å².